The van der Waals surface area contributed by atoms with Crippen LogP contribution in [0.2, 0.25) is 0 Å². The van der Waals surface area contributed by atoms with Crippen LogP contribution >= 0.6 is 7.82 Å². The summed E-state index contributed by atoms with van der Waals surface area (Å²) in [6.07, 6.45) is 0.299. The highest BCUT2D eigenvalue weighted by molar-refractivity contribution is 7.46. The van der Waals surface area contributed by atoms with E-state index in [1.807, 2.05) is 0 Å². The van der Waals surface area contributed by atoms with Gasteiger partial charge in [-0.05, 0) is 76.1 Å². The number of benzene rings is 1. The monoisotopic (exact) mass is 854 g/mol. The Hall–Kier alpha value is -5.64. The molecule has 1 aromatic rings. The number of phosphoric ester groups is 1. The Kier molecular flexibility index (Phi) is 19.9. The number of hydrogen-bond donors (Lipinski definition) is 11. The van der Waals surface area contributed by atoms with Crippen molar-refractivity contribution in [2.24, 2.45) is 22.9 Å². The molecule has 0 unspecified atom stereocenters. The zero-order chi connectivity index (χ0) is 44.4. The zero-order valence-corrected chi connectivity index (χ0v) is 33.7. The molecule has 1 heterocycles. The second-order valence-electron chi connectivity index (χ2n) is 14.0. The van der Waals surface area contributed by atoms with Crippen molar-refractivity contribution in [3.05, 3.63) is 29.8 Å². The zero-order valence-electron chi connectivity index (χ0n) is 32.8. The maximum atomic E-state index is 14.0. The van der Waals surface area contributed by atoms with Gasteiger partial charge in [-0.25, -0.2) is 4.57 Å². The van der Waals surface area contributed by atoms with E-state index in [0.29, 0.717) is 31.4 Å². The van der Waals surface area contributed by atoms with Crippen molar-refractivity contribution in [3.8, 4) is 5.75 Å². The summed E-state index contributed by atoms with van der Waals surface area (Å²) < 4.78 is 15.7. The Balaban J connectivity index is 2.25. The van der Waals surface area contributed by atoms with Crippen LogP contribution in [0, 0.1) is 0 Å². The molecule has 0 spiro atoms. The number of primary amides is 3. The van der Waals surface area contributed by atoms with Crippen molar-refractivity contribution in [2.45, 2.75) is 114 Å². The highest BCUT2D eigenvalue weighted by atomic mass is 31.2. The molecule has 1 aromatic carbocycles. The van der Waals surface area contributed by atoms with E-state index in [-0.39, 0.29) is 57.2 Å². The largest absolute Gasteiger partial charge is 0.524 e. The summed E-state index contributed by atoms with van der Waals surface area (Å²) in [7, 11) is -4.84. The molecule has 2 rings (SSSR count). The molecule has 0 saturated carbocycles. The van der Waals surface area contributed by atoms with Crippen LogP contribution in [0.25, 0.3) is 0 Å². The Labute approximate surface area is 340 Å². The van der Waals surface area contributed by atoms with E-state index in [9.17, 15) is 47.7 Å². The number of carbonyl (C=O) groups is 9. The van der Waals surface area contributed by atoms with Gasteiger partial charge in [0, 0.05) is 32.7 Å². The minimum atomic E-state index is -4.84. The maximum absolute atomic E-state index is 14.0. The third-order valence-corrected chi connectivity index (χ3v) is 9.53. The summed E-state index contributed by atoms with van der Waals surface area (Å²) in [6, 6.07) is -2.30. The van der Waals surface area contributed by atoms with Crippen LogP contribution in [-0.4, -0.2) is 117 Å². The average Bonchev–Trinajstić information content (AvgIpc) is 3.64. The van der Waals surface area contributed by atoms with Crippen LogP contribution in [0.3, 0.4) is 0 Å². The summed E-state index contributed by atoms with van der Waals surface area (Å²) in [4.78, 5) is 134. The average molecular weight is 855 g/mol. The van der Waals surface area contributed by atoms with Crippen LogP contribution in [0.15, 0.2) is 24.3 Å². The second-order valence-corrected chi connectivity index (χ2v) is 15.1. The lowest BCUT2D eigenvalue weighted by Crippen LogP contribution is -2.59. The second kappa shape index (κ2) is 23.7. The molecule has 15 N–H and O–H groups in total. The van der Waals surface area contributed by atoms with Crippen molar-refractivity contribution >= 4 is 61.0 Å². The van der Waals surface area contributed by atoms with Gasteiger partial charge in [-0.2, -0.15) is 0 Å². The lowest BCUT2D eigenvalue weighted by Gasteiger charge is -2.30. The number of likely N-dealkylation sites (tertiary alicyclic amines) is 1. The fraction of sp³-hybridized carbons (Fsp3) is 0.571. The molecule has 0 aliphatic carbocycles. The number of nitrogens with one attached hydrogen (secondary N) is 5. The number of hydrogen-bond acceptors (Lipinski definition) is 12. The molecule has 59 heavy (non-hydrogen) atoms. The molecule has 328 valence electrons. The Morgan fingerprint density at radius 2 is 1.36 bits per heavy atom. The minimum Gasteiger partial charge on any atom is -0.404 e. The summed E-state index contributed by atoms with van der Waals surface area (Å²) >= 11 is 0. The number of carbonyl (C=O) groups excluding carboxylic acids is 9. The van der Waals surface area contributed by atoms with Gasteiger partial charge in [0.25, 0.3) is 0 Å². The lowest BCUT2D eigenvalue weighted by molar-refractivity contribution is -0.143. The van der Waals surface area contributed by atoms with Crippen LogP contribution in [0.5, 0.6) is 5.75 Å². The molecule has 24 heteroatoms. The SMILES string of the molecule is CC(=O)N[C@@H](Cc1ccc(OP(=O)(O)O)cc1)C(=O)N[C@@H](CCC(N)=O)C(=O)N1CCC[C@@H]1C(=O)N[C@@H](CCC(N)=O)C(=O)N[C@@H](C)C(=O)N[C@@H](CCCCN)C(N)=O. The first-order valence-electron chi connectivity index (χ1n) is 18.8. The molecule has 0 aromatic heterocycles. The highest BCUT2D eigenvalue weighted by Crippen LogP contribution is 2.37. The van der Waals surface area contributed by atoms with E-state index in [1.54, 1.807) is 0 Å². The number of unbranched alkanes of at least 4 members (excludes halogenated alkanes) is 1. The first-order valence-corrected chi connectivity index (χ1v) is 20.3. The standard InChI is InChI=1S/C35H55N10O13P/c1-19(31(50)42-23(30(39)49)6-3-4-16-36)40-32(51)24(12-14-28(37)47)43-34(53)27-7-5-17-45(27)35(54)25(13-15-29(38)48)44-33(52)26(41-20(2)46)18-21-8-10-22(11-9-21)58-59(55,56)57/h8-11,19,23-27H,3-7,12-18,36H2,1-2H3,(H2,37,47)(H2,38,48)(H2,39,49)(H,40,51)(H,41,46)(H,42,50)(H,43,53)(H,44,52)(H2,55,56,57)/t19-,23-,24-,25-,26-,27+/m0/s1. The van der Waals surface area contributed by atoms with Crippen molar-refractivity contribution in [2.75, 3.05) is 13.1 Å². The molecule has 23 nitrogen and oxygen atoms in total. The summed E-state index contributed by atoms with van der Waals surface area (Å²) in [5.41, 5.74) is 22.0. The summed E-state index contributed by atoms with van der Waals surface area (Å²) in [5, 5.41) is 12.4. The molecule has 1 aliphatic heterocycles. The smallest absolute Gasteiger partial charge is 0.404 e. The summed E-state index contributed by atoms with van der Waals surface area (Å²) in [5.74, 6) is -7.23. The van der Waals surface area contributed by atoms with Gasteiger partial charge in [-0.1, -0.05) is 12.1 Å². The van der Waals surface area contributed by atoms with Gasteiger partial charge in [0.2, 0.25) is 53.2 Å². The quantitative estimate of drug-likeness (QED) is 0.0333. The van der Waals surface area contributed by atoms with E-state index in [1.165, 1.54) is 31.2 Å². The lowest BCUT2D eigenvalue weighted by atomic mass is 10.0. The fourth-order valence-electron chi connectivity index (χ4n) is 6.11. The Bertz CT molecular complexity index is 1740. The van der Waals surface area contributed by atoms with Crippen molar-refractivity contribution in [1.29, 1.82) is 0 Å². The predicted octanol–water partition coefficient (Wildman–Crippen LogP) is -3.70. The number of nitrogens with two attached hydrogens (primary N) is 4. The van der Waals surface area contributed by atoms with Gasteiger partial charge >= 0.3 is 7.82 Å². The molecular formula is C35H55N10O13P. The number of rotatable bonds is 25. The van der Waals surface area contributed by atoms with E-state index in [0.717, 1.165) is 11.8 Å². The normalized spacial score (nSPS) is 16.3. The predicted molar refractivity (Wildman–Crippen MR) is 208 cm³/mol. The topological polar surface area (TPSA) is 388 Å². The van der Waals surface area contributed by atoms with E-state index < -0.39 is 97.2 Å². The van der Waals surface area contributed by atoms with Gasteiger partial charge in [0.05, 0.1) is 0 Å². The van der Waals surface area contributed by atoms with Crippen LogP contribution < -0.4 is 54.0 Å². The Morgan fingerprint density at radius 3 is 1.90 bits per heavy atom. The summed E-state index contributed by atoms with van der Waals surface area (Å²) in [6.45, 7) is 2.87. The third kappa shape index (κ3) is 17.8. The first-order chi connectivity index (χ1) is 27.6. The van der Waals surface area contributed by atoms with Gasteiger partial charge in [-0.3, -0.25) is 52.9 Å². The van der Waals surface area contributed by atoms with Gasteiger partial charge in [-0.15, -0.1) is 0 Å². The van der Waals surface area contributed by atoms with E-state index in [4.69, 9.17) is 32.7 Å². The van der Waals surface area contributed by atoms with Gasteiger partial charge in [0.15, 0.2) is 0 Å². The maximum Gasteiger partial charge on any atom is 0.524 e. The van der Waals surface area contributed by atoms with Gasteiger partial charge in [0.1, 0.15) is 42.0 Å². The van der Waals surface area contributed by atoms with E-state index >= 15 is 0 Å². The molecule has 9 amide bonds. The third-order valence-electron chi connectivity index (χ3n) is 9.09. The van der Waals surface area contributed by atoms with Crippen molar-refractivity contribution in [3.63, 3.8) is 0 Å². The first kappa shape index (κ1) is 49.5. The number of nitrogens with zero attached hydrogens (tertiary/aromatic N) is 1. The van der Waals surface area contributed by atoms with Crippen LogP contribution in [0.4, 0.5) is 0 Å². The van der Waals surface area contributed by atoms with E-state index in [2.05, 4.69) is 31.1 Å². The van der Waals surface area contributed by atoms with Crippen molar-refractivity contribution in [1.82, 2.24) is 31.5 Å². The fourth-order valence-corrected chi connectivity index (χ4v) is 6.51. The number of phosphoric acid groups is 1. The molecule has 1 fully saturated rings. The Morgan fingerprint density at radius 1 is 0.780 bits per heavy atom. The molecule has 6 atom stereocenters. The molecule has 0 radical (unpaired) electrons. The molecular weight excluding hydrogens is 799 g/mol. The number of amides is 9. The minimum absolute atomic E-state index is 0.0275. The van der Waals surface area contributed by atoms with Crippen LogP contribution in [-0.2, 0) is 54.1 Å². The molecule has 1 aliphatic rings. The van der Waals surface area contributed by atoms with Crippen LogP contribution in [0.1, 0.15) is 77.2 Å². The highest BCUT2D eigenvalue weighted by Gasteiger charge is 2.40. The van der Waals surface area contributed by atoms with Crippen molar-refractivity contribution < 1.29 is 62.0 Å². The molecule has 1 saturated heterocycles. The van der Waals surface area contributed by atoms with Gasteiger partial charge < -0.3 is 58.9 Å². The molecule has 0 bridgehead atoms.